The Bertz CT molecular complexity index is 297. The number of carbonyl (C=O) groups excluding carboxylic acids is 1. The summed E-state index contributed by atoms with van der Waals surface area (Å²) in [6.07, 6.45) is 1.41. The molecule has 1 aromatic rings. The van der Waals surface area contributed by atoms with Crippen LogP contribution >= 0.6 is 0 Å². The molecular formula is C12H20N2O. The molecule has 0 atom stereocenters. The Hall–Kier alpha value is -1.38. The van der Waals surface area contributed by atoms with E-state index in [2.05, 4.69) is 10.3 Å². The minimum atomic E-state index is 0.0283. The highest BCUT2D eigenvalue weighted by molar-refractivity contribution is 5.89. The second kappa shape index (κ2) is 7.97. The lowest BCUT2D eigenvalue weighted by molar-refractivity contribution is -0.116. The normalized spacial score (nSPS) is 8.80. The molecule has 0 saturated heterocycles. The Labute approximate surface area is 91.9 Å². The van der Waals surface area contributed by atoms with E-state index in [1.807, 2.05) is 39.8 Å². The maximum atomic E-state index is 11.2. The van der Waals surface area contributed by atoms with Gasteiger partial charge >= 0.3 is 0 Å². The molecule has 1 amide bonds. The molecule has 1 heterocycles. The second-order valence-corrected chi connectivity index (χ2v) is 2.96. The van der Waals surface area contributed by atoms with E-state index >= 15 is 0 Å². The molecule has 0 spiro atoms. The number of hydrogen-bond donors (Lipinski definition) is 1. The van der Waals surface area contributed by atoms with Crippen LogP contribution in [-0.2, 0) is 4.79 Å². The lowest BCUT2D eigenvalue weighted by atomic mass is 10.3. The van der Waals surface area contributed by atoms with Crippen LogP contribution in [0.15, 0.2) is 18.2 Å². The van der Waals surface area contributed by atoms with Crippen LogP contribution in [0.1, 0.15) is 39.3 Å². The average molecular weight is 208 g/mol. The molecule has 0 unspecified atom stereocenters. The van der Waals surface area contributed by atoms with Crippen LogP contribution in [0.2, 0.25) is 0 Å². The molecule has 0 saturated carbocycles. The monoisotopic (exact) mass is 208 g/mol. The Morgan fingerprint density at radius 1 is 1.40 bits per heavy atom. The number of nitrogens with one attached hydrogen (secondary N) is 1. The Morgan fingerprint density at radius 3 is 2.60 bits per heavy atom. The van der Waals surface area contributed by atoms with Crippen molar-refractivity contribution in [2.24, 2.45) is 0 Å². The van der Waals surface area contributed by atoms with Crippen molar-refractivity contribution >= 4 is 11.7 Å². The fraction of sp³-hybridized carbons (Fsp3) is 0.500. The minimum Gasteiger partial charge on any atom is -0.311 e. The van der Waals surface area contributed by atoms with Gasteiger partial charge in [-0.1, -0.05) is 26.8 Å². The van der Waals surface area contributed by atoms with E-state index in [0.29, 0.717) is 12.2 Å². The number of aryl methyl sites for hydroxylation is 1. The Balaban J connectivity index is 0.000000921. The molecule has 0 aliphatic carbocycles. The first-order chi connectivity index (χ1) is 7.22. The highest BCUT2D eigenvalue weighted by Crippen LogP contribution is 2.04. The minimum absolute atomic E-state index is 0.0283. The number of carbonyl (C=O) groups is 1. The summed E-state index contributed by atoms with van der Waals surface area (Å²) in [4.78, 5) is 15.3. The highest BCUT2D eigenvalue weighted by Gasteiger charge is 2.00. The molecule has 15 heavy (non-hydrogen) atoms. The van der Waals surface area contributed by atoms with E-state index in [4.69, 9.17) is 0 Å². The van der Waals surface area contributed by atoms with Gasteiger partial charge in [-0.25, -0.2) is 4.98 Å². The predicted molar refractivity (Wildman–Crippen MR) is 63.9 cm³/mol. The first-order valence-corrected chi connectivity index (χ1v) is 5.46. The molecule has 3 heteroatoms. The van der Waals surface area contributed by atoms with Crippen LogP contribution < -0.4 is 5.32 Å². The fourth-order valence-corrected chi connectivity index (χ4v) is 1.05. The topological polar surface area (TPSA) is 42.0 Å². The van der Waals surface area contributed by atoms with Crippen molar-refractivity contribution in [1.29, 1.82) is 0 Å². The molecule has 0 fully saturated rings. The van der Waals surface area contributed by atoms with Crippen molar-refractivity contribution in [3.05, 3.63) is 23.9 Å². The molecule has 0 aliphatic heterocycles. The molecule has 0 aliphatic rings. The highest BCUT2D eigenvalue weighted by atomic mass is 16.1. The molecule has 0 bridgehead atoms. The van der Waals surface area contributed by atoms with Gasteiger partial charge in [0.1, 0.15) is 5.82 Å². The van der Waals surface area contributed by atoms with E-state index in [1.54, 1.807) is 6.07 Å². The first kappa shape index (κ1) is 13.6. The van der Waals surface area contributed by atoms with Gasteiger partial charge in [-0.15, -0.1) is 0 Å². The standard InChI is InChI=1S/C10H14N2O.C2H6/c1-3-5-10(13)12-9-7-4-6-8(2)11-9;1-2/h4,6-7H,3,5H2,1-2H3,(H,11,12,13);1-2H3. The van der Waals surface area contributed by atoms with Crippen molar-refractivity contribution in [1.82, 2.24) is 4.98 Å². The summed E-state index contributed by atoms with van der Waals surface area (Å²) in [6.45, 7) is 7.87. The summed E-state index contributed by atoms with van der Waals surface area (Å²) in [5, 5.41) is 2.73. The van der Waals surface area contributed by atoms with Crippen molar-refractivity contribution in [3.63, 3.8) is 0 Å². The Kier molecular flexibility index (Phi) is 7.24. The van der Waals surface area contributed by atoms with E-state index in [0.717, 1.165) is 12.1 Å². The summed E-state index contributed by atoms with van der Waals surface area (Å²) < 4.78 is 0. The molecule has 84 valence electrons. The van der Waals surface area contributed by atoms with Gasteiger partial charge in [0.05, 0.1) is 0 Å². The van der Waals surface area contributed by atoms with Crippen LogP contribution in [0.3, 0.4) is 0 Å². The summed E-state index contributed by atoms with van der Waals surface area (Å²) >= 11 is 0. The SMILES string of the molecule is CC.CCCC(=O)Nc1cccc(C)n1. The molecular weight excluding hydrogens is 188 g/mol. The van der Waals surface area contributed by atoms with Gasteiger partial charge in [-0.2, -0.15) is 0 Å². The third-order valence-electron chi connectivity index (χ3n) is 1.63. The van der Waals surface area contributed by atoms with Gasteiger partial charge in [0.15, 0.2) is 0 Å². The number of nitrogens with zero attached hydrogens (tertiary/aromatic N) is 1. The van der Waals surface area contributed by atoms with Crippen molar-refractivity contribution in [2.45, 2.75) is 40.5 Å². The first-order valence-electron chi connectivity index (χ1n) is 5.46. The molecule has 3 nitrogen and oxygen atoms in total. The van der Waals surface area contributed by atoms with Crippen LogP contribution in [0.5, 0.6) is 0 Å². The van der Waals surface area contributed by atoms with Gasteiger partial charge in [-0.3, -0.25) is 4.79 Å². The lowest BCUT2D eigenvalue weighted by Gasteiger charge is -2.03. The van der Waals surface area contributed by atoms with Crippen molar-refractivity contribution < 1.29 is 4.79 Å². The van der Waals surface area contributed by atoms with Crippen LogP contribution in [0.4, 0.5) is 5.82 Å². The van der Waals surface area contributed by atoms with Gasteiger partial charge in [-0.05, 0) is 25.5 Å². The van der Waals surface area contributed by atoms with E-state index in [-0.39, 0.29) is 5.91 Å². The van der Waals surface area contributed by atoms with Gasteiger partial charge in [0.2, 0.25) is 5.91 Å². The number of anilines is 1. The maximum Gasteiger partial charge on any atom is 0.225 e. The summed E-state index contributed by atoms with van der Waals surface area (Å²) in [5.41, 5.74) is 0.911. The summed E-state index contributed by atoms with van der Waals surface area (Å²) in [6, 6.07) is 5.57. The average Bonchev–Trinajstić information content (AvgIpc) is 2.21. The second-order valence-electron chi connectivity index (χ2n) is 2.96. The molecule has 1 rings (SSSR count). The zero-order valence-corrected chi connectivity index (χ0v) is 10.0. The van der Waals surface area contributed by atoms with Gasteiger partial charge < -0.3 is 5.32 Å². The van der Waals surface area contributed by atoms with E-state index < -0.39 is 0 Å². The Morgan fingerprint density at radius 2 is 2.07 bits per heavy atom. The fourth-order valence-electron chi connectivity index (χ4n) is 1.05. The zero-order valence-electron chi connectivity index (χ0n) is 10.0. The molecule has 0 aromatic carbocycles. The number of amides is 1. The number of rotatable bonds is 3. The third kappa shape index (κ3) is 5.83. The molecule has 0 radical (unpaired) electrons. The molecule has 1 N–H and O–H groups in total. The summed E-state index contributed by atoms with van der Waals surface area (Å²) in [5.74, 6) is 0.666. The van der Waals surface area contributed by atoms with Crippen molar-refractivity contribution in [2.75, 3.05) is 5.32 Å². The van der Waals surface area contributed by atoms with Gasteiger partial charge in [0, 0.05) is 12.1 Å². The quantitative estimate of drug-likeness (QED) is 0.829. The summed E-state index contributed by atoms with van der Waals surface area (Å²) in [7, 11) is 0. The van der Waals surface area contributed by atoms with E-state index in [1.165, 1.54) is 0 Å². The van der Waals surface area contributed by atoms with E-state index in [9.17, 15) is 4.79 Å². The molecule has 1 aromatic heterocycles. The predicted octanol–water partition coefficient (Wildman–Crippen LogP) is 3.15. The van der Waals surface area contributed by atoms with Crippen LogP contribution in [-0.4, -0.2) is 10.9 Å². The number of aromatic nitrogens is 1. The maximum absolute atomic E-state index is 11.2. The van der Waals surface area contributed by atoms with Crippen LogP contribution in [0, 0.1) is 6.92 Å². The third-order valence-corrected chi connectivity index (χ3v) is 1.63. The number of hydrogen-bond acceptors (Lipinski definition) is 2. The van der Waals surface area contributed by atoms with Gasteiger partial charge in [0.25, 0.3) is 0 Å². The lowest BCUT2D eigenvalue weighted by Crippen LogP contribution is -2.11. The largest absolute Gasteiger partial charge is 0.311 e. The smallest absolute Gasteiger partial charge is 0.225 e. The number of pyridine rings is 1. The zero-order chi connectivity index (χ0) is 11.7. The van der Waals surface area contributed by atoms with Crippen LogP contribution in [0.25, 0.3) is 0 Å². The van der Waals surface area contributed by atoms with Crippen molar-refractivity contribution in [3.8, 4) is 0 Å².